The van der Waals surface area contributed by atoms with Crippen LogP contribution in [0.3, 0.4) is 0 Å². The van der Waals surface area contributed by atoms with Gasteiger partial charge in [0.05, 0.1) is 5.60 Å². The van der Waals surface area contributed by atoms with Crippen LogP contribution < -0.4 is 0 Å². The Bertz CT molecular complexity index is 470. The summed E-state index contributed by atoms with van der Waals surface area (Å²) < 4.78 is 13.7. The maximum absolute atomic E-state index is 13.7. The average molecular weight is 269 g/mol. The topological polar surface area (TPSA) is 66.8 Å². The normalized spacial score (nSPS) is 12.8. The van der Waals surface area contributed by atoms with Gasteiger partial charge in [0, 0.05) is 5.56 Å². The van der Waals surface area contributed by atoms with Gasteiger partial charge in [-0.05, 0) is 26.8 Å². The molecular formula is C13H16FNO4. The van der Waals surface area contributed by atoms with Gasteiger partial charge in [0.15, 0.2) is 6.04 Å². The molecule has 19 heavy (non-hydrogen) atoms. The maximum atomic E-state index is 13.7. The fraction of sp³-hybridized carbons (Fsp3) is 0.385. The van der Waals surface area contributed by atoms with Crippen molar-refractivity contribution in [1.29, 1.82) is 0 Å². The van der Waals surface area contributed by atoms with E-state index in [0.29, 0.717) is 5.06 Å². The summed E-state index contributed by atoms with van der Waals surface area (Å²) in [6.45, 7) is 4.97. The molecule has 1 aromatic rings. The van der Waals surface area contributed by atoms with Crippen LogP contribution in [0.25, 0.3) is 0 Å². The van der Waals surface area contributed by atoms with Gasteiger partial charge in [-0.25, -0.2) is 14.2 Å². The van der Waals surface area contributed by atoms with Crippen molar-refractivity contribution in [1.82, 2.24) is 5.06 Å². The van der Waals surface area contributed by atoms with Gasteiger partial charge in [0.2, 0.25) is 6.41 Å². The van der Waals surface area contributed by atoms with Crippen LogP contribution in [0, 0.1) is 5.82 Å². The van der Waals surface area contributed by atoms with Crippen LogP contribution in [0.5, 0.6) is 0 Å². The summed E-state index contributed by atoms with van der Waals surface area (Å²) in [5.41, 5.74) is -0.911. The van der Waals surface area contributed by atoms with E-state index in [1.54, 1.807) is 20.8 Å². The number of rotatable bonds is 5. The molecule has 5 nitrogen and oxygen atoms in total. The molecule has 0 fully saturated rings. The zero-order valence-corrected chi connectivity index (χ0v) is 11.0. The van der Waals surface area contributed by atoms with E-state index in [1.807, 2.05) is 0 Å². The van der Waals surface area contributed by atoms with Crippen molar-refractivity contribution in [3.05, 3.63) is 35.6 Å². The molecule has 0 bridgehead atoms. The molecule has 1 rings (SSSR count). The Morgan fingerprint density at radius 1 is 1.42 bits per heavy atom. The van der Waals surface area contributed by atoms with Gasteiger partial charge in [-0.15, -0.1) is 0 Å². The molecule has 1 atom stereocenters. The molecule has 0 spiro atoms. The van der Waals surface area contributed by atoms with Crippen LogP contribution in [-0.4, -0.2) is 28.2 Å². The predicted octanol–water partition coefficient (Wildman–Crippen LogP) is 2.14. The molecule has 0 saturated heterocycles. The van der Waals surface area contributed by atoms with Crippen molar-refractivity contribution in [2.75, 3.05) is 0 Å². The molecule has 0 saturated carbocycles. The summed E-state index contributed by atoms with van der Waals surface area (Å²) in [5, 5.41) is 9.81. The van der Waals surface area contributed by atoms with E-state index in [2.05, 4.69) is 0 Å². The third-order valence-corrected chi connectivity index (χ3v) is 2.17. The van der Waals surface area contributed by atoms with Crippen molar-refractivity contribution in [3.63, 3.8) is 0 Å². The van der Waals surface area contributed by atoms with Gasteiger partial charge in [-0.1, -0.05) is 18.2 Å². The highest BCUT2D eigenvalue weighted by molar-refractivity contribution is 5.77. The minimum absolute atomic E-state index is 0.133. The largest absolute Gasteiger partial charge is 0.479 e. The number of nitrogens with zero attached hydrogens (tertiary/aromatic N) is 1. The van der Waals surface area contributed by atoms with Gasteiger partial charge >= 0.3 is 5.97 Å². The molecule has 1 N–H and O–H groups in total. The van der Waals surface area contributed by atoms with E-state index >= 15 is 0 Å². The summed E-state index contributed by atoms with van der Waals surface area (Å²) >= 11 is 0. The van der Waals surface area contributed by atoms with Gasteiger partial charge in [0.1, 0.15) is 5.82 Å². The number of hydrogen-bond donors (Lipinski definition) is 1. The third kappa shape index (κ3) is 4.03. The molecule has 6 heteroatoms. The first-order valence-electron chi connectivity index (χ1n) is 5.66. The number of halogens is 1. The molecule has 0 aliphatic heterocycles. The lowest BCUT2D eigenvalue weighted by molar-refractivity contribution is -0.236. The van der Waals surface area contributed by atoms with E-state index in [9.17, 15) is 19.1 Å². The van der Waals surface area contributed by atoms with Crippen LogP contribution in [0.15, 0.2) is 24.3 Å². The lowest BCUT2D eigenvalue weighted by Gasteiger charge is -2.31. The number of carboxylic acid groups (broad SMARTS) is 1. The molecule has 0 aliphatic carbocycles. The monoisotopic (exact) mass is 269 g/mol. The summed E-state index contributed by atoms with van der Waals surface area (Å²) in [5.74, 6) is -2.08. The SMILES string of the molecule is CC(C)(C)ON(C=O)C(C(=O)O)c1ccccc1F. The fourth-order valence-electron chi connectivity index (χ4n) is 1.53. The average Bonchev–Trinajstić information content (AvgIpc) is 2.28. The van der Waals surface area contributed by atoms with Crippen LogP contribution in [0.2, 0.25) is 0 Å². The summed E-state index contributed by atoms with van der Waals surface area (Å²) in [6, 6.07) is 3.84. The number of aliphatic carboxylic acids is 1. The lowest BCUT2D eigenvalue weighted by atomic mass is 10.1. The maximum Gasteiger partial charge on any atom is 0.333 e. The Morgan fingerprint density at radius 3 is 2.42 bits per heavy atom. The molecule has 1 amide bonds. The third-order valence-electron chi connectivity index (χ3n) is 2.17. The summed E-state index contributed by atoms with van der Waals surface area (Å²) in [7, 11) is 0. The van der Waals surface area contributed by atoms with Gasteiger partial charge < -0.3 is 5.11 Å². The molecule has 1 unspecified atom stereocenters. The number of amides is 1. The number of benzene rings is 1. The van der Waals surface area contributed by atoms with Gasteiger partial charge in [-0.3, -0.25) is 9.63 Å². The minimum Gasteiger partial charge on any atom is -0.479 e. The minimum atomic E-state index is -1.53. The fourth-order valence-corrected chi connectivity index (χ4v) is 1.53. The van der Waals surface area contributed by atoms with Crippen LogP contribution in [0.4, 0.5) is 4.39 Å². The van der Waals surface area contributed by atoms with Crippen molar-refractivity contribution in [2.24, 2.45) is 0 Å². The number of hydrogen-bond acceptors (Lipinski definition) is 3. The first-order valence-corrected chi connectivity index (χ1v) is 5.66. The second-order valence-corrected chi connectivity index (χ2v) is 4.93. The Kier molecular flexibility index (Phi) is 4.61. The van der Waals surface area contributed by atoms with E-state index in [-0.39, 0.29) is 12.0 Å². The highest BCUT2D eigenvalue weighted by Crippen LogP contribution is 2.25. The van der Waals surface area contributed by atoms with E-state index < -0.39 is 23.4 Å². The first kappa shape index (κ1) is 15.1. The number of carbonyl (C=O) groups is 2. The van der Waals surface area contributed by atoms with E-state index in [1.165, 1.54) is 18.2 Å². The Morgan fingerprint density at radius 2 is 2.00 bits per heavy atom. The molecule has 104 valence electrons. The van der Waals surface area contributed by atoms with Crippen molar-refractivity contribution in [2.45, 2.75) is 32.4 Å². The zero-order valence-electron chi connectivity index (χ0n) is 11.0. The second kappa shape index (κ2) is 5.79. The Labute approximate surface area is 110 Å². The van der Waals surface area contributed by atoms with Gasteiger partial charge in [-0.2, -0.15) is 0 Å². The summed E-state index contributed by atoms with van der Waals surface area (Å²) in [4.78, 5) is 27.6. The highest BCUT2D eigenvalue weighted by Gasteiger charge is 2.32. The number of carbonyl (C=O) groups excluding carboxylic acids is 1. The van der Waals surface area contributed by atoms with Crippen molar-refractivity contribution < 1.29 is 23.9 Å². The quantitative estimate of drug-likeness (QED) is 0.657. The predicted molar refractivity (Wildman–Crippen MR) is 65.5 cm³/mol. The standard InChI is InChI=1S/C13H16FNO4/c1-13(2,3)19-15(8-16)11(12(17)18)9-6-4-5-7-10(9)14/h4-8,11H,1-3H3,(H,17,18). The molecule has 0 aliphatic rings. The van der Waals surface area contributed by atoms with Crippen molar-refractivity contribution >= 4 is 12.4 Å². The highest BCUT2D eigenvalue weighted by atomic mass is 19.1. The molecule has 0 aromatic heterocycles. The Balaban J connectivity index is 3.16. The lowest BCUT2D eigenvalue weighted by Crippen LogP contribution is -2.39. The number of carboxylic acids is 1. The Hall–Kier alpha value is -1.95. The second-order valence-electron chi connectivity index (χ2n) is 4.93. The zero-order chi connectivity index (χ0) is 14.6. The molecular weight excluding hydrogens is 253 g/mol. The van der Waals surface area contributed by atoms with E-state index in [4.69, 9.17) is 4.84 Å². The van der Waals surface area contributed by atoms with Crippen molar-refractivity contribution in [3.8, 4) is 0 Å². The van der Waals surface area contributed by atoms with Crippen LogP contribution in [-0.2, 0) is 14.4 Å². The van der Waals surface area contributed by atoms with Crippen LogP contribution >= 0.6 is 0 Å². The summed E-state index contributed by atoms with van der Waals surface area (Å²) in [6.07, 6.45) is 0.233. The van der Waals surface area contributed by atoms with Gasteiger partial charge in [0.25, 0.3) is 0 Å². The molecule has 0 radical (unpaired) electrons. The smallest absolute Gasteiger partial charge is 0.333 e. The number of hydroxylamine groups is 2. The molecule has 1 aromatic carbocycles. The molecule has 0 heterocycles. The van der Waals surface area contributed by atoms with E-state index in [0.717, 1.165) is 6.07 Å². The van der Waals surface area contributed by atoms with Crippen LogP contribution in [0.1, 0.15) is 32.4 Å². The first-order chi connectivity index (χ1) is 8.76.